The molecule has 242 valence electrons. The topological polar surface area (TPSA) is 163 Å². The molecule has 0 aromatic carbocycles. The van der Waals surface area contributed by atoms with Crippen LogP contribution in [0.4, 0.5) is 0 Å². The number of halogens is 1. The van der Waals surface area contributed by atoms with Crippen molar-refractivity contribution in [2.45, 2.75) is 105 Å². The number of aromatic amines is 1. The van der Waals surface area contributed by atoms with Gasteiger partial charge in [0.2, 0.25) is 17.5 Å². The predicted molar refractivity (Wildman–Crippen MR) is 163 cm³/mol. The molecule has 11 heteroatoms. The van der Waals surface area contributed by atoms with E-state index in [0.717, 1.165) is 57.9 Å². The van der Waals surface area contributed by atoms with Gasteiger partial charge >= 0.3 is 11.9 Å². The van der Waals surface area contributed by atoms with Gasteiger partial charge in [0.15, 0.2) is 5.71 Å². The van der Waals surface area contributed by atoms with E-state index in [1.807, 2.05) is 33.8 Å². The van der Waals surface area contributed by atoms with Crippen LogP contribution in [0.3, 0.4) is 0 Å². The second-order valence-corrected chi connectivity index (χ2v) is 12.5. The Hall–Kier alpha value is -3.40. The Morgan fingerprint density at radius 2 is 1.55 bits per heavy atom. The number of H-pyrrole nitrogens is 1. The van der Waals surface area contributed by atoms with Crippen molar-refractivity contribution < 1.29 is 46.8 Å². The number of hydrogen-bond acceptors (Lipinski definition) is 4. The zero-order chi connectivity index (χ0) is 31.6. The first kappa shape index (κ1) is 35.1. The monoisotopic (exact) mass is 630 g/mol. The molecule has 0 aliphatic carbocycles. The molecule has 4 heterocycles. The lowest BCUT2D eigenvalue weighted by molar-refractivity contribution is -0.388. The van der Waals surface area contributed by atoms with Crippen LogP contribution in [0, 0.1) is 30.6 Å². The number of carboxylic acids is 2. The van der Waals surface area contributed by atoms with Gasteiger partial charge in [0, 0.05) is 71.8 Å². The Morgan fingerprint density at radius 3 is 2.14 bits per heavy atom. The average Bonchev–Trinajstić information content (AvgIpc) is 3.59. The highest BCUT2D eigenvalue weighted by Crippen LogP contribution is 2.33. The Labute approximate surface area is 265 Å². The molecule has 0 radical (unpaired) electrons. The number of aliphatic carboxylic acids is 2. The van der Waals surface area contributed by atoms with Gasteiger partial charge in [-0.2, -0.15) is 0 Å². The summed E-state index contributed by atoms with van der Waals surface area (Å²) in [4.78, 5) is 55.1. The van der Waals surface area contributed by atoms with E-state index in [0.29, 0.717) is 25.7 Å². The third kappa shape index (κ3) is 7.28. The SMILES string of the molecule is CCC1C(=O)NC(Cc2[nH]c(/C=C3\[NH+]=C(CC4NC(=O)C(C)C4CC)C(C)=C3CCC(=O)O)c(CCC(=O)O)c2C)C1C.[Cl-]. The molecule has 1 aromatic rings. The smallest absolute Gasteiger partial charge is 0.303 e. The number of carbonyl (C=O) groups excluding carboxylic acids is 2. The average molecular weight is 631 g/mol. The summed E-state index contributed by atoms with van der Waals surface area (Å²) in [7, 11) is 0. The van der Waals surface area contributed by atoms with Crippen LogP contribution in [0.5, 0.6) is 0 Å². The molecule has 10 nitrogen and oxygen atoms in total. The van der Waals surface area contributed by atoms with Crippen LogP contribution in [0.25, 0.3) is 6.08 Å². The summed E-state index contributed by atoms with van der Waals surface area (Å²) in [5, 5.41) is 25.2. The van der Waals surface area contributed by atoms with Crippen molar-refractivity contribution in [3.8, 4) is 0 Å². The van der Waals surface area contributed by atoms with E-state index in [2.05, 4.69) is 34.5 Å². The summed E-state index contributed by atoms with van der Waals surface area (Å²) in [6.45, 7) is 12.2. The van der Waals surface area contributed by atoms with Gasteiger partial charge < -0.3 is 38.2 Å². The molecule has 2 saturated heterocycles. The molecule has 3 aliphatic rings. The van der Waals surface area contributed by atoms with Gasteiger partial charge in [-0.3, -0.25) is 19.2 Å². The molecule has 6 unspecified atom stereocenters. The van der Waals surface area contributed by atoms with Gasteiger partial charge in [-0.1, -0.05) is 34.1 Å². The van der Waals surface area contributed by atoms with Gasteiger partial charge in [0.25, 0.3) is 0 Å². The third-order valence-electron chi connectivity index (χ3n) is 10.1. The molecule has 6 N–H and O–H groups in total. The van der Waals surface area contributed by atoms with Gasteiger partial charge in [0.05, 0.1) is 6.42 Å². The van der Waals surface area contributed by atoms with Gasteiger partial charge in [-0.25, -0.2) is 4.99 Å². The van der Waals surface area contributed by atoms with Crippen LogP contribution in [0.1, 0.15) is 95.7 Å². The molecule has 4 rings (SSSR count). The number of carboxylic acid groups (broad SMARTS) is 2. The molecule has 0 bridgehead atoms. The lowest BCUT2D eigenvalue weighted by Gasteiger charge is -2.18. The summed E-state index contributed by atoms with van der Waals surface area (Å²) in [6, 6.07) is -0.0259. The fraction of sp³-hybridized carbons (Fsp3) is 0.606. The Morgan fingerprint density at radius 1 is 0.909 bits per heavy atom. The first-order valence-electron chi connectivity index (χ1n) is 15.7. The minimum absolute atomic E-state index is 0. The fourth-order valence-corrected chi connectivity index (χ4v) is 7.32. The summed E-state index contributed by atoms with van der Waals surface area (Å²) in [5.74, 6) is -1.30. The number of hydrogen-bond donors (Lipinski definition) is 6. The molecule has 1 aromatic heterocycles. The van der Waals surface area contributed by atoms with Crippen molar-refractivity contribution in [1.29, 1.82) is 0 Å². The van der Waals surface area contributed by atoms with Gasteiger partial charge in [0.1, 0.15) is 0 Å². The second kappa shape index (κ2) is 14.6. The molecule has 0 spiro atoms. The Balaban J connectivity index is 0.00000529. The number of carbonyl (C=O) groups is 4. The largest absolute Gasteiger partial charge is 1.00 e. The van der Waals surface area contributed by atoms with E-state index < -0.39 is 11.9 Å². The highest BCUT2D eigenvalue weighted by molar-refractivity contribution is 6.00. The minimum Gasteiger partial charge on any atom is -1.00 e. The molecule has 2 fully saturated rings. The van der Waals surface area contributed by atoms with Crippen LogP contribution in [0.15, 0.2) is 16.8 Å². The third-order valence-corrected chi connectivity index (χ3v) is 10.1. The molecule has 6 atom stereocenters. The van der Waals surface area contributed by atoms with E-state index >= 15 is 0 Å². The molecular formula is C33H47ClN4O6. The van der Waals surface area contributed by atoms with Gasteiger partial charge in [-0.05, 0) is 56.1 Å². The Bertz CT molecular complexity index is 1390. The standard InChI is InChI=1S/C33H46N4O6.ClH/c1-7-20-19(6)32(42)37-27(20)14-25-18(5)23(10-12-31(40)41)29(35-25)15-28-22(9-11-30(38)39)17(4)24(34-28)13-26-16(3)21(8-2)33(43)36-26;/h15-16,19-21,26-27,34H,7-14H2,1-6H3,(H,36,43)(H,37,42)(H,38,39)(H,40,41);1H/b29-15-;. The van der Waals surface area contributed by atoms with Crippen molar-refractivity contribution in [2.24, 2.45) is 23.7 Å². The lowest BCUT2D eigenvalue weighted by atomic mass is 9.86. The van der Waals surface area contributed by atoms with E-state index in [4.69, 9.17) is 0 Å². The first-order valence-corrected chi connectivity index (χ1v) is 15.7. The van der Waals surface area contributed by atoms with Crippen molar-refractivity contribution in [3.63, 3.8) is 0 Å². The lowest BCUT2D eigenvalue weighted by Crippen LogP contribution is -3.00. The number of amides is 2. The van der Waals surface area contributed by atoms with Crippen LogP contribution in [-0.2, 0) is 32.0 Å². The van der Waals surface area contributed by atoms with Crippen molar-refractivity contribution >= 4 is 35.5 Å². The number of aromatic nitrogens is 1. The summed E-state index contributed by atoms with van der Waals surface area (Å²) >= 11 is 0. The second-order valence-electron chi connectivity index (χ2n) is 12.5. The molecule has 44 heavy (non-hydrogen) atoms. The molecular weight excluding hydrogens is 584 g/mol. The van der Waals surface area contributed by atoms with Crippen molar-refractivity contribution in [3.05, 3.63) is 39.4 Å². The maximum Gasteiger partial charge on any atom is 0.303 e. The van der Waals surface area contributed by atoms with Gasteiger partial charge in [-0.15, -0.1) is 0 Å². The van der Waals surface area contributed by atoms with Crippen LogP contribution >= 0.6 is 0 Å². The maximum absolute atomic E-state index is 12.5. The van der Waals surface area contributed by atoms with Crippen molar-refractivity contribution in [2.75, 3.05) is 0 Å². The zero-order valence-electron chi connectivity index (χ0n) is 26.6. The van der Waals surface area contributed by atoms with Crippen LogP contribution < -0.4 is 28.0 Å². The van der Waals surface area contributed by atoms with Crippen molar-refractivity contribution in [1.82, 2.24) is 15.6 Å². The van der Waals surface area contributed by atoms with Crippen LogP contribution in [0.2, 0.25) is 0 Å². The predicted octanol–water partition coefficient (Wildman–Crippen LogP) is -0.344. The van der Waals surface area contributed by atoms with E-state index in [1.165, 1.54) is 0 Å². The summed E-state index contributed by atoms with van der Waals surface area (Å²) in [6.07, 6.45) is 5.51. The maximum atomic E-state index is 12.5. The van der Waals surface area contributed by atoms with E-state index in [9.17, 15) is 29.4 Å². The summed E-state index contributed by atoms with van der Waals surface area (Å²) < 4.78 is 0. The van der Waals surface area contributed by atoms with E-state index in [-0.39, 0.29) is 72.8 Å². The van der Waals surface area contributed by atoms with Crippen LogP contribution in [-0.4, -0.2) is 56.7 Å². The highest BCUT2D eigenvalue weighted by Gasteiger charge is 2.41. The summed E-state index contributed by atoms with van der Waals surface area (Å²) in [5.41, 5.74) is 7.29. The number of allylic oxidation sites excluding steroid dienone is 2. The minimum atomic E-state index is -0.881. The quantitative estimate of drug-likeness (QED) is 0.175. The molecule has 0 saturated carbocycles. The first-order chi connectivity index (χ1) is 20.4. The highest BCUT2D eigenvalue weighted by atomic mass is 35.5. The van der Waals surface area contributed by atoms with E-state index in [1.54, 1.807) is 0 Å². The molecule has 3 aliphatic heterocycles. The normalized spacial score (nSPS) is 27.4. The fourth-order valence-electron chi connectivity index (χ4n) is 7.32. The molecule has 2 amide bonds. The zero-order valence-corrected chi connectivity index (χ0v) is 27.4. The Kier molecular flexibility index (Phi) is 11.6. The number of nitrogens with one attached hydrogen (secondary N) is 4. The number of rotatable bonds is 13.